The van der Waals surface area contributed by atoms with Gasteiger partial charge >= 0.3 is 23.7 Å². The van der Waals surface area contributed by atoms with Crippen molar-refractivity contribution in [3.63, 3.8) is 0 Å². The van der Waals surface area contributed by atoms with Gasteiger partial charge < -0.3 is 18.9 Å². The van der Waals surface area contributed by atoms with E-state index in [9.17, 15) is 22.4 Å². The molecule has 0 saturated heterocycles. The van der Waals surface area contributed by atoms with Crippen LogP contribution in [-0.4, -0.2) is 56.3 Å². The molecule has 6 rings (SSSR count). The highest BCUT2D eigenvalue weighted by Crippen LogP contribution is 2.46. The lowest BCUT2D eigenvalue weighted by Crippen LogP contribution is -2.58. The molecule has 2 heterocycles. The molecule has 4 aromatic carbocycles. The topological polar surface area (TPSA) is 54.0 Å². The predicted molar refractivity (Wildman–Crippen MR) is 275 cm³/mol. The summed E-state index contributed by atoms with van der Waals surface area (Å²) in [4.78, 5) is 13.6. The summed E-state index contributed by atoms with van der Waals surface area (Å²) in [5.41, 5.74) is 7.73. The van der Waals surface area contributed by atoms with Gasteiger partial charge in [-0.05, 0) is 157 Å². The zero-order chi connectivity index (χ0) is 50.3. The lowest BCUT2D eigenvalue weighted by Gasteiger charge is -2.33. The molecular weight excluding hydrogens is 943 g/mol. The van der Waals surface area contributed by atoms with E-state index in [0.29, 0.717) is 17.6 Å². The molecule has 0 saturated carbocycles. The van der Waals surface area contributed by atoms with Crippen LogP contribution in [0.4, 0.5) is 26.3 Å². The van der Waals surface area contributed by atoms with Crippen LogP contribution >= 0.6 is 22.7 Å². The number of esters is 1. The number of halogens is 6. The van der Waals surface area contributed by atoms with Crippen molar-refractivity contribution in [2.45, 2.75) is 141 Å². The van der Waals surface area contributed by atoms with Crippen LogP contribution < -0.4 is 9.47 Å². The molecule has 0 bridgehead atoms. The van der Waals surface area contributed by atoms with Gasteiger partial charge in [0.05, 0.1) is 19.3 Å². The highest BCUT2D eigenvalue weighted by atomic mass is 32.1. The molecule has 0 fully saturated rings. The zero-order valence-corrected chi connectivity index (χ0v) is 42.4. The van der Waals surface area contributed by atoms with Crippen molar-refractivity contribution < 1.29 is 50.1 Å². The third kappa shape index (κ3) is 14.2. The van der Waals surface area contributed by atoms with Gasteiger partial charge in [0, 0.05) is 25.2 Å². The smallest absolute Gasteiger partial charge is 0.377 e. The Hall–Kier alpha value is -4.85. The van der Waals surface area contributed by atoms with Gasteiger partial charge in [-0.3, -0.25) is 0 Å². The molecule has 0 aliphatic carbocycles. The van der Waals surface area contributed by atoms with Crippen LogP contribution in [0.15, 0.2) is 97.6 Å². The molecule has 0 aliphatic heterocycles. The lowest BCUT2D eigenvalue weighted by atomic mass is 9.98. The number of carbonyl (C=O) groups is 1. The molecule has 13 heteroatoms. The Morgan fingerprint density at radius 3 is 1.51 bits per heavy atom. The number of hydrogen-bond acceptors (Lipinski definition) is 7. The van der Waals surface area contributed by atoms with Crippen LogP contribution in [0.2, 0.25) is 0 Å². The van der Waals surface area contributed by atoms with Gasteiger partial charge in [0.1, 0.15) is 18.1 Å². The summed E-state index contributed by atoms with van der Waals surface area (Å²) in [6, 6.07) is 29.5. The van der Waals surface area contributed by atoms with Crippen LogP contribution in [0, 0.1) is 0 Å². The SMILES string of the molecule is C=CC(=O)OCC(F)(F)C(F)(F)C(F)(F)COC(CCCOc1ccc2cc(-c3ccc(CCCCC)cc3CC)sc2c1)CCCOc1ccc2cc(-c3ccc(CCCCC)cc3CC)sc2c1. The molecular formula is C57H66F6O5S2. The summed E-state index contributed by atoms with van der Waals surface area (Å²) in [6.45, 7) is 7.81. The van der Waals surface area contributed by atoms with Crippen LogP contribution in [0.5, 0.6) is 11.5 Å². The fraction of sp³-hybridized carbons (Fsp3) is 0.456. The minimum Gasteiger partial charge on any atom is -0.494 e. The van der Waals surface area contributed by atoms with Gasteiger partial charge in [0.25, 0.3) is 0 Å². The van der Waals surface area contributed by atoms with E-state index in [1.165, 1.54) is 71.9 Å². The molecule has 70 heavy (non-hydrogen) atoms. The van der Waals surface area contributed by atoms with E-state index >= 15 is 8.78 Å². The quantitative estimate of drug-likeness (QED) is 0.0195. The van der Waals surface area contributed by atoms with Crippen LogP contribution in [0.1, 0.15) is 114 Å². The molecule has 0 unspecified atom stereocenters. The number of carbonyl (C=O) groups excluding carboxylic acids is 1. The Bertz CT molecular complexity index is 2490. The van der Waals surface area contributed by atoms with Gasteiger partial charge in [-0.2, -0.15) is 26.3 Å². The maximum Gasteiger partial charge on any atom is 0.377 e. The van der Waals surface area contributed by atoms with Gasteiger partial charge in [-0.25, -0.2) is 4.79 Å². The van der Waals surface area contributed by atoms with E-state index in [1.807, 2.05) is 36.4 Å². The predicted octanol–water partition coefficient (Wildman–Crippen LogP) is 17.1. The average Bonchev–Trinajstić information content (AvgIpc) is 3.98. The van der Waals surface area contributed by atoms with E-state index in [2.05, 4.69) is 87.5 Å². The molecule has 0 atom stereocenters. The molecule has 0 amide bonds. The van der Waals surface area contributed by atoms with Gasteiger partial charge in [0.15, 0.2) is 6.61 Å². The minimum atomic E-state index is -5.90. The fourth-order valence-electron chi connectivity index (χ4n) is 8.50. The van der Waals surface area contributed by atoms with E-state index in [1.54, 1.807) is 22.7 Å². The van der Waals surface area contributed by atoms with Crippen molar-refractivity contribution in [3.8, 4) is 32.4 Å². The fourth-order valence-corrected chi connectivity index (χ4v) is 10.8. The van der Waals surface area contributed by atoms with Crippen LogP contribution in [-0.2, 0) is 40.0 Å². The first-order valence-corrected chi connectivity index (χ1v) is 26.4. The van der Waals surface area contributed by atoms with E-state index in [4.69, 9.17) is 14.2 Å². The van der Waals surface area contributed by atoms with E-state index < -0.39 is 43.1 Å². The Morgan fingerprint density at radius 1 is 0.600 bits per heavy atom. The number of unbranched alkanes of at least 4 members (excludes halogenated alkanes) is 4. The second-order valence-corrected chi connectivity index (χ2v) is 20.1. The number of alkyl halides is 6. The van der Waals surface area contributed by atoms with Gasteiger partial charge in [-0.1, -0.05) is 96.4 Å². The van der Waals surface area contributed by atoms with Crippen molar-refractivity contribution in [3.05, 3.63) is 120 Å². The van der Waals surface area contributed by atoms with Gasteiger partial charge in [-0.15, -0.1) is 22.7 Å². The molecule has 5 nitrogen and oxygen atoms in total. The summed E-state index contributed by atoms with van der Waals surface area (Å²) in [6.07, 6.45) is 11.3. The summed E-state index contributed by atoms with van der Waals surface area (Å²) in [5, 5.41) is 2.15. The van der Waals surface area contributed by atoms with Crippen molar-refractivity contribution >= 4 is 48.8 Å². The number of benzene rings is 4. The van der Waals surface area contributed by atoms with Gasteiger partial charge in [0.2, 0.25) is 0 Å². The second kappa shape index (κ2) is 25.5. The summed E-state index contributed by atoms with van der Waals surface area (Å²) in [7, 11) is 0. The molecule has 0 radical (unpaired) electrons. The molecule has 0 aliphatic rings. The van der Waals surface area contributed by atoms with Crippen molar-refractivity contribution in [1.82, 2.24) is 0 Å². The maximum atomic E-state index is 15.0. The highest BCUT2D eigenvalue weighted by molar-refractivity contribution is 7.22. The number of thiophene rings is 2. The Morgan fingerprint density at radius 2 is 1.07 bits per heavy atom. The normalized spacial score (nSPS) is 12.3. The van der Waals surface area contributed by atoms with Crippen molar-refractivity contribution in [1.29, 1.82) is 0 Å². The summed E-state index contributed by atoms with van der Waals surface area (Å²) in [5.74, 6) is -16.8. The number of fused-ring (bicyclic) bond motifs is 2. The number of ether oxygens (including phenoxy) is 4. The largest absolute Gasteiger partial charge is 0.494 e. The summed E-state index contributed by atoms with van der Waals surface area (Å²) >= 11 is 3.34. The zero-order valence-electron chi connectivity index (χ0n) is 40.8. The third-order valence-corrected chi connectivity index (χ3v) is 14.9. The molecule has 6 aromatic rings. The first-order chi connectivity index (χ1) is 33.6. The average molecular weight is 1010 g/mol. The Balaban J connectivity index is 1.08. The highest BCUT2D eigenvalue weighted by Gasteiger charge is 2.72. The van der Waals surface area contributed by atoms with E-state index in [0.717, 1.165) is 55.6 Å². The molecule has 378 valence electrons. The summed E-state index contributed by atoms with van der Waals surface area (Å²) < 4.78 is 112. The monoisotopic (exact) mass is 1010 g/mol. The Kier molecular flexibility index (Phi) is 19.9. The first-order valence-electron chi connectivity index (χ1n) is 24.7. The Labute approximate surface area is 417 Å². The third-order valence-electron chi connectivity index (χ3n) is 12.6. The standard InChI is InChI=1S/C57H66F6O5S2/c1-6-11-13-17-39-21-27-48(41(8-3)31-39)52-33-43-23-25-46(35-50(43)69-52)65-29-15-19-45(67-37-55(58,59)57(62,63)56(60,61)38-68-54(64)10-5)20-16-30-66-47-26-24-44-34-53(70-51(44)36-47)49-28-22-40(18-14-12-7-2)32-42(49)9-4/h10,21-28,31-36,45H,5-9,11-20,29-30,37-38H2,1-4H3. The first kappa shape index (κ1) is 54.5. The minimum absolute atomic E-state index is 0.109. The second-order valence-electron chi connectivity index (χ2n) is 17.9. The maximum absolute atomic E-state index is 15.0. The number of rotatable bonds is 30. The molecule has 0 spiro atoms. The number of aryl methyl sites for hydroxylation is 4. The van der Waals surface area contributed by atoms with Crippen LogP contribution in [0.3, 0.4) is 0 Å². The number of hydrogen-bond donors (Lipinski definition) is 0. The van der Waals surface area contributed by atoms with Crippen molar-refractivity contribution in [2.75, 3.05) is 26.4 Å². The molecule has 2 aromatic heterocycles. The van der Waals surface area contributed by atoms with Crippen LogP contribution in [0.25, 0.3) is 41.1 Å². The van der Waals surface area contributed by atoms with E-state index in [-0.39, 0.29) is 38.9 Å². The van der Waals surface area contributed by atoms with Crippen molar-refractivity contribution in [2.24, 2.45) is 0 Å². The molecule has 0 N–H and O–H groups in total. The lowest BCUT2D eigenvalue weighted by molar-refractivity contribution is -0.328.